The van der Waals surface area contributed by atoms with Gasteiger partial charge in [-0.2, -0.15) is 0 Å². The second-order valence-electron chi connectivity index (χ2n) is 5.98. The number of hydrogen-bond acceptors (Lipinski definition) is 4. The van der Waals surface area contributed by atoms with Crippen molar-refractivity contribution in [1.82, 2.24) is 5.32 Å². The van der Waals surface area contributed by atoms with Crippen molar-refractivity contribution in [3.63, 3.8) is 0 Å². The van der Waals surface area contributed by atoms with E-state index in [9.17, 15) is 9.59 Å². The van der Waals surface area contributed by atoms with Crippen LogP contribution in [-0.4, -0.2) is 18.4 Å². The fraction of sp³-hybridized carbons (Fsp3) is 0.200. The van der Waals surface area contributed by atoms with Crippen molar-refractivity contribution < 1.29 is 14.3 Å². The molecule has 1 heterocycles. The van der Waals surface area contributed by atoms with E-state index in [1.807, 2.05) is 49.6 Å². The molecule has 1 amide bonds. The van der Waals surface area contributed by atoms with Crippen LogP contribution < -0.4 is 5.32 Å². The fourth-order valence-corrected chi connectivity index (χ4v) is 3.66. The van der Waals surface area contributed by atoms with Crippen LogP contribution in [0.25, 0.3) is 10.1 Å². The topological polar surface area (TPSA) is 55.4 Å². The molecule has 0 spiro atoms. The first kappa shape index (κ1) is 17.2. The van der Waals surface area contributed by atoms with E-state index in [1.165, 1.54) is 0 Å². The van der Waals surface area contributed by atoms with Crippen LogP contribution in [0.4, 0.5) is 0 Å². The van der Waals surface area contributed by atoms with Crippen LogP contribution in [0, 0.1) is 13.8 Å². The quantitative estimate of drug-likeness (QED) is 0.706. The van der Waals surface area contributed by atoms with E-state index in [4.69, 9.17) is 4.74 Å². The van der Waals surface area contributed by atoms with Crippen molar-refractivity contribution in [3.8, 4) is 0 Å². The van der Waals surface area contributed by atoms with Crippen LogP contribution in [0.1, 0.15) is 27.0 Å². The highest BCUT2D eigenvalue weighted by molar-refractivity contribution is 7.17. The molecule has 0 unspecified atom stereocenters. The summed E-state index contributed by atoms with van der Waals surface area (Å²) in [6.07, 6.45) is 0. The molecule has 128 valence electrons. The number of benzene rings is 2. The number of carbonyl (C=O) groups is 2. The monoisotopic (exact) mass is 353 g/mol. The van der Waals surface area contributed by atoms with Crippen LogP contribution in [0.2, 0.25) is 0 Å². The maximum atomic E-state index is 12.1. The molecule has 25 heavy (non-hydrogen) atoms. The number of amides is 1. The summed E-state index contributed by atoms with van der Waals surface area (Å²) in [6.45, 7) is 3.93. The Morgan fingerprint density at radius 3 is 2.56 bits per heavy atom. The molecule has 4 nitrogen and oxygen atoms in total. The van der Waals surface area contributed by atoms with Crippen molar-refractivity contribution in [2.75, 3.05) is 6.54 Å². The third-order valence-electron chi connectivity index (χ3n) is 3.83. The zero-order valence-electron chi connectivity index (χ0n) is 14.2. The zero-order chi connectivity index (χ0) is 17.8. The average molecular weight is 353 g/mol. The maximum absolute atomic E-state index is 12.1. The zero-order valence-corrected chi connectivity index (χ0v) is 15.0. The summed E-state index contributed by atoms with van der Waals surface area (Å²) >= 11 is 1.62. The molecule has 0 radical (unpaired) electrons. The molecule has 0 aliphatic carbocycles. The summed E-state index contributed by atoms with van der Waals surface area (Å²) in [4.78, 5) is 24.1. The van der Waals surface area contributed by atoms with Crippen LogP contribution in [0.3, 0.4) is 0 Å². The summed E-state index contributed by atoms with van der Waals surface area (Å²) in [5, 5.41) is 5.70. The number of aryl methyl sites for hydroxylation is 2. The number of carbonyl (C=O) groups excluding carboxylic acids is 2. The molecule has 3 rings (SSSR count). The van der Waals surface area contributed by atoms with Gasteiger partial charge in [0.1, 0.15) is 13.2 Å². The number of thiophene rings is 1. The Balaban J connectivity index is 1.53. The van der Waals surface area contributed by atoms with Gasteiger partial charge in [0.2, 0.25) is 0 Å². The SMILES string of the molecule is Cc1cc(C)cc(C(=O)NCC(=O)OCc2csc3ccccc23)c1. The normalized spacial score (nSPS) is 10.6. The number of esters is 1. The Kier molecular flexibility index (Phi) is 5.14. The largest absolute Gasteiger partial charge is 0.459 e. The number of ether oxygens (including phenoxy) is 1. The molecule has 0 saturated heterocycles. The van der Waals surface area contributed by atoms with E-state index >= 15 is 0 Å². The van der Waals surface area contributed by atoms with Crippen molar-refractivity contribution >= 4 is 33.3 Å². The molecule has 0 bridgehead atoms. The Morgan fingerprint density at radius 1 is 1.08 bits per heavy atom. The lowest BCUT2D eigenvalue weighted by Crippen LogP contribution is -2.30. The smallest absolute Gasteiger partial charge is 0.325 e. The van der Waals surface area contributed by atoms with Crippen LogP contribution in [0.15, 0.2) is 47.8 Å². The summed E-state index contributed by atoms with van der Waals surface area (Å²) in [7, 11) is 0. The minimum Gasteiger partial charge on any atom is -0.459 e. The molecule has 0 aliphatic heterocycles. The lowest BCUT2D eigenvalue weighted by Gasteiger charge is -2.08. The summed E-state index contributed by atoms with van der Waals surface area (Å²) < 4.78 is 6.44. The van der Waals surface area contributed by atoms with Gasteiger partial charge in [-0.1, -0.05) is 35.4 Å². The third-order valence-corrected chi connectivity index (χ3v) is 4.84. The van der Waals surface area contributed by atoms with Gasteiger partial charge in [-0.05, 0) is 42.8 Å². The van der Waals surface area contributed by atoms with Gasteiger partial charge < -0.3 is 10.1 Å². The number of nitrogens with one attached hydrogen (secondary N) is 1. The first-order valence-electron chi connectivity index (χ1n) is 8.00. The highest BCUT2D eigenvalue weighted by Crippen LogP contribution is 2.26. The van der Waals surface area contributed by atoms with Crippen LogP contribution >= 0.6 is 11.3 Å². The van der Waals surface area contributed by atoms with Gasteiger partial charge in [0.25, 0.3) is 5.91 Å². The van der Waals surface area contributed by atoms with Gasteiger partial charge in [-0.15, -0.1) is 11.3 Å². The standard InChI is InChI=1S/C20H19NO3S/c1-13-7-14(2)9-15(8-13)20(23)21-10-19(22)24-11-16-12-25-18-6-4-3-5-17(16)18/h3-9,12H,10-11H2,1-2H3,(H,21,23). The molecular weight excluding hydrogens is 334 g/mol. The van der Waals surface area contributed by atoms with Crippen LogP contribution in [-0.2, 0) is 16.1 Å². The first-order chi connectivity index (χ1) is 12.0. The van der Waals surface area contributed by atoms with Crippen LogP contribution in [0.5, 0.6) is 0 Å². The Bertz CT molecular complexity index is 909. The minimum absolute atomic E-state index is 0.145. The molecule has 0 fully saturated rings. The van der Waals surface area contributed by atoms with E-state index in [1.54, 1.807) is 23.5 Å². The molecule has 0 atom stereocenters. The molecule has 5 heteroatoms. The van der Waals surface area contributed by atoms with E-state index in [-0.39, 0.29) is 19.1 Å². The lowest BCUT2D eigenvalue weighted by atomic mass is 10.1. The van der Waals surface area contributed by atoms with Gasteiger partial charge in [-0.25, -0.2) is 0 Å². The van der Waals surface area contributed by atoms with E-state index < -0.39 is 5.97 Å². The lowest BCUT2D eigenvalue weighted by molar-refractivity contribution is -0.143. The predicted molar refractivity (Wildman–Crippen MR) is 99.9 cm³/mol. The second kappa shape index (κ2) is 7.49. The number of hydrogen-bond donors (Lipinski definition) is 1. The fourth-order valence-electron chi connectivity index (χ4n) is 2.71. The van der Waals surface area contributed by atoms with E-state index in [0.29, 0.717) is 5.56 Å². The van der Waals surface area contributed by atoms with Gasteiger partial charge in [0, 0.05) is 15.8 Å². The summed E-state index contributed by atoms with van der Waals surface area (Å²) in [5.41, 5.74) is 3.55. The molecule has 3 aromatic rings. The molecular formula is C20H19NO3S. The Labute approximate surface area is 150 Å². The molecule has 0 aliphatic rings. The highest BCUT2D eigenvalue weighted by Gasteiger charge is 2.11. The summed E-state index contributed by atoms with van der Waals surface area (Å²) in [5.74, 6) is -0.724. The number of rotatable bonds is 5. The molecule has 1 N–H and O–H groups in total. The van der Waals surface area contributed by atoms with Gasteiger partial charge in [0.15, 0.2) is 0 Å². The summed E-state index contributed by atoms with van der Waals surface area (Å²) in [6, 6.07) is 13.6. The van der Waals surface area contributed by atoms with Crippen molar-refractivity contribution in [2.45, 2.75) is 20.5 Å². The van der Waals surface area contributed by atoms with Gasteiger partial charge >= 0.3 is 5.97 Å². The highest BCUT2D eigenvalue weighted by atomic mass is 32.1. The maximum Gasteiger partial charge on any atom is 0.325 e. The number of fused-ring (bicyclic) bond motifs is 1. The molecule has 2 aromatic carbocycles. The van der Waals surface area contributed by atoms with Crippen molar-refractivity contribution in [3.05, 3.63) is 70.1 Å². The van der Waals surface area contributed by atoms with Gasteiger partial charge in [-0.3, -0.25) is 9.59 Å². The van der Waals surface area contributed by atoms with Gasteiger partial charge in [0.05, 0.1) is 0 Å². The van der Waals surface area contributed by atoms with E-state index in [2.05, 4.69) is 5.32 Å². The predicted octanol–water partition coefficient (Wildman–Crippen LogP) is 3.99. The van der Waals surface area contributed by atoms with Crippen molar-refractivity contribution in [2.24, 2.45) is 0 Å². The third kappa shape index (κ3) is 4.25. The van der Waals surface area contributed by atoms with E-state index in [0.717, 1.165) is 26.8 Å². The Hall–Kier alpha value is -2.66. The minimum atomic E-state index is -0.451. The van der Waals surface area contributed by atoms with Crippen molar-refractivity contribution in [1.29, 1.82) is 0 Å². The first-order valence-corrected chi connectivity index (χ1v) is 8.88. The molecule has 1 aromatic heterocycles. The second-order valence-corrected chi connectivity index (χ2v) is 6.89. The average Bonchev–Trinajstić information content (AvgIpc) is 3.00. The Morgan fingerprint density at radius 2 is 1.80 bits per heavy atom. The molecule has 0 saturated carbocycles.